The van der Waals surface area contributed by atoms with E-state index in [2.05, 4.69) is 39.8 Å². The summed E-state index contributed by atoms with van der Waals surface area (Å²) >= 11 is 1.42. The summed E-state index contributed by atoms with van der Waals surface area (Å²) in [7, 11) is -2.57. The number of aromatic nitrogens is 7. The number of thiazole rings is 1. The van der Waals surface area contributed by atoms with Gasteiger partial charge in [-0.1, -0.05) is 25.2 Å². The second-order valence-electron chi connectivity index (χ2n) is 19.8. The van der Waals surface area contributed by atoms with Crippen LogP contribution in [0.4, 0.5) is 28.3 Å². The zero-order valence-electron chi connectivity index (χ0n) is 38.6. The molecule has 16 nitrogen and oxygen atoms in total. The number of ether oxygens (including phenoxy) is 1. The fraction of sp³-hybridized carbons (Fsp3) is 0.469. The fourth-order valence-electron chi connectivity index (χ4n) is 11.3. The highest BCUT2D eigenvalue weighted by molar-refractivity contribution is 7.90. The predicted octanol–water partition coefficient (Wildman–Crippen LogP) is 8.62. The minimum atomic E-state index is -4.34. The summed E-state index contributed by atoms with van der Waals surface area (Å²) in [6.45, 7) is 10.5. The molecule has 4 aliphatic carbocycles. The molecule has 0 atom stereocenters. The Balaban J connectivity index is 0.902. The van der Waals surface area contributed by atoms with Gasteiger partial charge in [-0.25, -0.2) is 28.1 Å². The van der Waals surface area contributed by atoms with Gasteiger partial charge in [0.2, 0.25) is 0 Å². The van der Waals surface area contributed by atoms with E-state index in [1.165, 1.54) is 62.0 Å². The standard InChI is InChI=1S/C49H57N11O5S2/c1-29(2)27-65-47(62)35-14-17-59(18-15-35)36-8-10-37(11-9-36)67(63,64)57-45(61)43-38(39-26-51-60(31(39)4)28-49-23-32-20-33(24-49)22-34(21-32)25-49)12-13-41(53-43)58(5)42-19-30(3)44(56-55-42)54-48-52-40-7-6-16-50-46(40)66-48/h6-13,16,19,26,29,32-35H,14-15,17-18,20-25,27-28H2,1-5H3,(H,57,61)(H,52,54,56). The van der Waals surface area contributed by atoms with Gasteiger partial charge in [0.15, 0.2) is 16.8 Å². The third-order valence-corrected chi connectivity index (χ3v) is 16.6. The van der Waals surface area contributed by atoms with Crippen LogP contribution in [-0.4, -0.2) is 82.0 Å². The van der Waals surface area contributed by atoms with E-state index in [1.54, 1.807) is 48.6 Å². The molecule has 1 saturated heterocycles. The molecule has 5 fully saturated rings. The molecule has 350 valence electrons. The van der Waals surface area contributed by atoms with Gasteiger partial charge >= 0.3 is 5.97 Å². The predicted molar refractivity (Wildman–Crippen MR) is 258 cm³/mol. The van der Waals surface area contributed by atoms with Crippen LogP contribution in [0.15, 0.2) is 71.9 Å². The molecule has 11 rings (SSSR count). The number of hydrogen-bond acceptors (Lipinski definition) is 15. The number of anilines is 5. The van der Waals surface area contributed by atoms with Gasteiger partial charge in [-0.2, -0.15) is 5.10 Å². The number of esters is 1. The molecular formula is C49H57N11O5S2. The molecule has 67 heavy (non-hydrogen) atoms. The molecule has 1 aliphatic heterocycles. The van der Waals surface area contributed by atoms with Crippen LogP contribution in [-0.2, 0) is 26.1 Å². The molecule has 5 aromatic heterocycles. The monoisotopic (exact) mass is 943 g/mol. The second kappa shape index (κ2) is 17.9. The molecule has 4 saturated carbocycles. The first-order valence-corrected chi connectivity index (χ1v) is 25.7. The van der Waals surface area contributed by atoms with Crippen LogP contribution in [0.3, 0.4) is 0 Å². The topological polar surface area (TPSA) is 190 Å². The van der Waals surface area contributed by atoms with E-state index in [0.29, 0.717) is 66.3 Å². The second-order valence-corrected chi connectivity index (χ2v) is 22.4. The van der Waals surface area contributed by atoms with Gasteiger partial charge in [0.25, 0.3) is 15.9 Å². The minimum Gasteiger partial charge on any atom is -0.465 e. The van der Waals surface area contributed by atoms with Gasteiger partial charge in [-0.15, -0.1) is 10.2 Å². The van der Waals surface area contributed by atoms with E-state index in [1.807, 2.05) is 45.9 Å². The summed E-state index contributed by atoms with van der Waals surface area (Å²) in [5, 5.41) is 17.8. The summed E-state index contributed by atoms with van der Waals surface area (Å²) in [6, 6.07) is 15.7. The molecule has 0 spiro atoms. The highest BCUT2D eigenvalue weighted by Crippen LogP contribution is 2.60. The average Bonchev–Trinajstić information content (AvgIpc) is 3.89. The third-order valence-electron chi connectivity index (χ3n) is 14.3. The van der Waals surface area contributed by atoms with Crippen molar-refractivity contribution in [2.45, 2.75) is 90.5 Å². The quantitative estimate of drug-likeness (QED) is 0.0987. The van der Waals surface area contributed by atoms with Crippen molar-refractivity contribution >= 4 is 71.9 Å². The maximum Gasteiger partial charge on any atom is 0.309 e. The summed E-state index contributed by atoms with van der Waals surface area (Å²) in [5.41, 5.74) is 4.66. The van der Waals surface area contributed by atoms with Crippen LogP contribution in [0.2, 0.25) is 0 Å². The van der Waals surface area contributed by atoms with E-state index >= 15 is 0 Å². The lowest BCUT2D eigenvalue weighted by molar-refractivity contribution is -0.150. The number of nitrogens with zero attached hydrogens (tertiary/aromatic N) is 9. The molecule has 1 aromatic carbocycles. The van der Waals surface area contributed by atoms with Crippen molar-refractivity contribution in [1.29, 1.82) is 0 Å². The average molecular weight is 944 g/mol. The van der Waals surface area contributed by atoms with E-state index in [4.69, 9.17) is 14.8 Å². The number of benzene rings is 1. The molecule has 1 amide bonds. The van der Waals surface area contributed by atoms with E-state index in [9.17, 15) is 18.0 Å². The highest BCUT2D eigenvalue weighted by Gasteiger charge is 2.51. The van der Waals surface area contributed by atoms with Crippen LogP contribution in [0, 0.1) is 48.9 Å². The number of fused-ring (bicyclic) bond motifs is 1. The SMILES string of the molecule is Cc1cc(N(C)c2ccc(-c3cnn(CC45CC6CC(CC(C6)C4)C5)c3C)c(C(=O)NS(=O)(=O)c3ccc(N4CCC(C(=O)OCC(C)C)CC4)cc3)n2)nnc1Nc1nc2cccnc2s1. The number of hydrogen-bond donors (Lipinski definition) is 2. The number of aryl methyl sites for hydroxylation is 1. The number of sulfonamides is 1. The summed E-state index contributed by atoms with van der Waals surface area (Å²) in [6.07, 6.45) is 12.6. The number of pyridine rings is 2. The van der Waals surface area contributed by atoms with Gasteiger partial charge in [0.05, 0.1) is 23.6 Å². The van der Waals surface area contributed by atoms with Crippen LogP contribution in [0.5, 0.6) is 0 Å². The molecule has 4 bridgehead atoms. The molecular weight excluding hydrogens is 887 g/mol. The Bertz CT molecular complexity index is 2880. The van der Waals surface area contributed by atoms with Crippen molar-refractivity contribution in [2.24, 2.45) is 35.0 Å². The number of rotatable bonds is 14. The Morgan fingerprint density at radius 1 is 0.925 bits per heavy atom. The first-order chi connectivity index (χ1) is 32.2. The van der Waals surface area contributed by atoms with Crippen LogP contribution in [0.1, 0.15) is 87.0 Å². The van der Waals surface area contributed by atoms with Crippen molar-refractivity contribution in [1.82, 2.24) is 39.7 Å². The summed E-state index contributed by atoms with van der Waals surface area (Å²) < 4.78 is 37.9. The van der Waals surface area contributed by atoms with Gasteiger partial charge in [-0.05, 0) is 154 Å². The first-order valence-electron chi connectivity index (χ1n) is 23.4. The Kier molecular flexibility index (Phi) is 12.0. The zero-order chi connectivity index (χ0) is 46.6. The smallest absolute Gasteiger partial charge is 0.309 e. The molecule has 6 heterocycles. The van der Waals surface area contributed by atoms with E-state index in [-0.39, 0.29) is 33.8 Å². The van der Waals surface area contributed by atoms with Gasteiger partial charge in [0.1, 0.15) is 21.9 Å². The van der Waals surface area contributed by atoms with Gasteiger partial charge in [0, 0.05) is 55.4 Å². The highest BCUT2D eigenvalue weighted by atomic mass is 32.2. The number of carbonyl (C=O) groups excluding carboxylic acids is 2. The largest absolute Gasteiger partial charge is 0.465 e. The lowest BCUT2D eigenvalue weighted by Gasteiger charge is -2.56. The first kappa shape index (κ1) is 44.8. The third kappa shape index (κ3) is 9.21. The molecule has 0 radical (unpaired) electrons. The van der Waals surface area contributed by atoms with Crippen molar-refractivity contribution in [3.05, 3.63) is 83.9 Å². The Morgan fingerprint density at radius 3 is 2.31 bits per heavy atom. The Hall–Kier alpha value is -6.01. The molecule has 18 heteroatoms. The maximum absolute atomic E-state index is 14.5. The lowest BCUT2D eigenvalue weighted by atomic mass is 9.49. The summed E-state index contributed by atoms with van der Waals surface area (Å²) in [5.74, 6) is 2.82. The van der Waals surface area contributed by atoms with Gasteiger partial charge < -0.3 is 19.9 Å². The Morgan fingerprint density at radius 2 is 1.64 bits per heavy atom. The molecule has 6 aromatic rings. The molecule has 2 N–H and O–H groups in total. The number of carbonyl (C=O) groups is 2. The van der Waals surface area contributed by atoms with Crippen LogP contribution >= 0.6 is 11.3 Å². The summed E-state index contributed by atoms with van der Waals surface area (Å²) in [4.78, 5) is 45.5. The van der Waals surface area contributed by atoms with E-state index < -0.39 is 15.9 Å². The van der Waals surface area contributed by atoms with Gasteiger partial charge in [-0.3, -0.25) is 14.3 Å². The number of piperidine rings is 1. The van der Waals surface area contributed by atoms with Crippen LogP contribution < -0.4 is 19.8 Å². The number of amides is 1. The molecule has 5 aliphatic rings. The minimum absolute atomic E-state index is 0.0623. The lowest BCUT2D eigenvalue weighted by Crippen LogP contribution is -2.48. The maximum atomic E-state index is 14.5. The normalized spacial score (nSPS) is 21.5. The van der Waals surface area contributed by atoms with Crippen molar-refractivity contribution in [2.75, 3.05) is 41.9 Å². The fourth-order valence-corrected chi connectivity index (χ4v) is 13.1. The zero-order valence-corrected chi connectivity index (χ0v) is 40.2. The van der Waals surface area contributed by atoms with E-state index in [0.717, 1.165) is 51.6 Å². The van der Waals surface area contributed by atoms with Crippen molar-refractivity contribution in [3.8, 4) is 11.1 Å². The van der Waals surface area contributed by atoms with Crippen molar-refractivity contribution < 1.29 is 22.7 Å². The van der Waals surface area contributed by atoms with Crippen LogP contribution in [0.25, 0.3) is 21.5 Å². The Labute approximate surface area is 395 Å². The van der Waals surface area contributed by atoms with Crippen molar-refractivity contribution in [3.63, 3.8) is 0 Å². The number of nitrogens with one attached hydrogen (secondary N) is 2. The molecule has 0 unspecified atom stereocenters.